The van der Waals surface area contributed by atoms with Gasteiger partial charge >= 0.3 is 0 Å². The maximum Gasteiger partial charge on any atom is 0.145 e. The molecule has 0 spiro atoms. The van der Waals surface area contributed by atoms with E-state index in [0.29, 0.717) is 11.2 Å². The standard InChI is InChI=1S/C22H34ClN5/c1-4-16(2)8-11-24-9-5-10-25-13-18-6-7-19(12-18)28-14-17(3)20-21(23)26-15-27-22(20)28/h4,14-15,18-19,24-25H,5-13H2,1-3H3/b16-4+. The zero-order valence-corrected chi connectivity index (χ0v) is 18.2. The van der Waals surface area contributed by atoms with E-state index in [1.807, 2.05) is 0 Å². The molecule has 28 heavy (non-hydrogen) atoms. The number of aromatic nitrogens is 3. The number of fused-ring (bicyclic) bond motifs is 1. The van der Waals surface area contributed by atoms with Crippen LogP contribution in [0.4, 0.5) is 0 Å². The molecule has 1 fully saturated rings. The molecule has 2 aromatic rings. The summed E-state index contributed by atoms with van der Waals surface area (Å²) in [6, 6.07) is 0.519. The molecular weight excluding hydrogens is 370 g/mol. The van der Waals surface area contributed by atoms with Crippen molar-refractivity contribution in [3.8, 4) is 0 Å². The lowest BCUT2D eigenvalue weighted by atomic mass is 10.1. The molecule has 2 N–H and O–H groups in total. The van der Waals surface area contributed by atoms with Crippen molar-refractivity contribution >= 4 is 22.6 Å². The summed E-state index contributed by atoms with van der Waals surface area (Å²) in [4.78, 5) is 8.64. The Labute approximate surface area is 174 Å². The minimum absolute atomic E-state index is 0.519. The van der Waals surface area contributed by atoms with Crippen LogP contribution in [0.15, 0.2) is 24.2 Å². The van der Waals surface area contributed by atoms with Crippen molar-refractivity contribution in [3.05, 3.63) is 34.9 Å². The van der Waals surface area contributed by atoms with E-state index in [4.69, 9.17) is 11.6 Å². The van der Waals surface area contributed by atoms with Crippen LogP contribution in [0, 0.1) is 12.8 Å². The highest BCUT2D eigenvalue weighted by Gasteiger charge is 2.27. The first-order valence-electron chi connectivity index (χ1n) is 10.6. The number of nitrogens with zero attached hydrogens (tertiary/aromatic N) is 3. The fraction of sp³-hybridized carbons (Fsp3) is 0.636. The van der Waals surface area contributed by atoms with Gasteiger partial charge in [-0.1, -0.05) is 23.3 Å². The number of hydrogen-bond acceptors (Lipinski definition) is 4. The molecule has 2 atom stereocenters. The molecule has 1 aliphatic rings. The van der Waals surface area contributed by atoms with Crippen LogP contribution in [0.25, 0.3) is 11.0 Å². The van der Waals surface area contributed by atoms with E-state index in [1.54, 1.807) is 6.33 Å². The summed E-state index contributed by atoms with van der Waals surface area (Å²) < 4.78 is 2.33. The minimum atomic E-state index is 0.519. The van der Waals surface area contributed by atoms with Gasteiger partial charge in [0.25, 0.3) is 0 Å². The van der Waals surface area contributed by atoms with Gasteiger partial charge in [-0.05, 0) is 90.5 Å². The molecule has 5 nitrogen and oxygen atoms in total. The third-order valence-corrected chi connectivity index (χ3v) is 6.28. The van der Waals surface area contributed by atoms with Crippen LogP contribution < -0.4 is 10.6 Å². The van der Waals surface area contributed by atoms with Gasteiger partial charge in [-0.15, -0.1) is 0 Å². The minimum Gasteiger partial charge on any atom is -0.329 e. The van der Waals surface area contributed by atoms with Crippen LogP contribution in [0.2, 0.25) is 5.15 Å². The van der Waals surface area contributed by atoms with Crippen LogP contribution in [-0.4, -0.2) is 40.7 Å². The van der Waals surface area contributed by atoms with Gasteiger partial charge in [0.1, 0.15) is 17.1 Å². The number of allylic oxidation sites excluding steroid dienone is 1. The number of hydrogen-bond donors (Lipinski definition) is 2. The smallest absolute Gasteiger partial charge is 0.145 e. The molecule has 2 heterocycles. The highest BCUT2D eigenvalue weighted by Crippen LogP contribution is 2.37. The highest BCUT2D eigenvalue weighted by molar-refractivity contribution is 6.34. The lowest BCUT2D eigenvalue weighted by Crippen LogP contribution is -2.26. The molecule has 0 amide bonds. The Hall–Kier alpha value is -1.43. The summed E-state index contributed by atoms with van der Waals surface area (Å²) in [5, 5.41) is 8.74. The molecule has 0 aliphatic heterocycles. The van der Waals surface area contributed by atoms with Crippen molar-refractivity contribution in [1.29, 1.82) is 0 Å². The van der Waals surface area contributed by atoms with Crippen molar-refractivity contribution in [1.82, 2.24) is 25.2 Å². The fourth-order valence-electron chi connectivity index (χ4n) is 4.19. The summed E-state index contributed by atoms with van der Waals surface area (Å²) in [6.45, 7) is 10.8. The van der Waals surface area contributed by atoms with Crippen LogP contribution >= 0.6 is 11.6 Å². The second-order valence-corrected chi connectivity index (χ2v) is 8.47. The topological polar surface area (TPSA) is 54.8 Å². The van der Waals surface area contributed by atoms with Gasteiger partial charge in [-0.3, -0.25) is 0 Å². The van der Waals surface area contributed by atoms with Gasteiger partial charge in [0.2, 0.25) is 0 Å². The molecule has 1 aliphatic carbocycles. The van der Waals surface area contributed by atoms with Crippen LogP contribution in [-0.2, 0) is 0 Å². The van der Waals surface area contributed by atoms with Gasteiger partial charge in [-0.25, -0.2) is 9.97 Å². The number of nitrogens with one attached hydrogen (secondary N) is 2. The van der Waals surface area contributed by atoms with Gasteiger partial charge in [0, 0.05) is 12.2 Å². The summed E-state index contributed by atoms with van der Waals surface area (Å²) in [6.07, 6.45) is 12.0. The van der Waals surface area contributed by atoms with Gasteiger partial charge in [0.15, 0.2) is 0 Å². The molecular formula is C22H34ClN5. The quantitative estimate of drug-likeness (QED) is 0.344. The predicted molar refractivity (Wildman–Crippen MR) is 118 cm³/mol. The maximum atomic E-state index is 6.28. The predicted octanol–water partition coefficient (Wildman–Crippen LogP) is 4.66. The van der Waals surface area contributed by atoms with Crippen molar-refractivity contribution in [2.75, 3.05) is 26.2 Å². The Bertz CT molecular complexity index is 798. The lowest BCUT2D eigenvalue weighted by molar-refractivity contribution is 0.452. The van der Waals surface area contributed by atoms with E-state index < -0.39 is 0 Å². The van der Waals surface area contributed by atoms with Crippen molar-refractivity contribution in [3.63, 3.8) is 0 Å². The number of aryl methyl sites for hydroxylation is 1. The summed E-state index contributed by atoms with van der Waals surface area (Å²) >= 11 is 6.28. The molecule has 0 bridgehead atoms. The van der Waals surface area contributed by atoms with Crippen molar-refractivity contribution in [2.24, 2.45) is 5.92 Å². The van der Waals surface area contributed by atoms with Crippen LogP contribution in [0.5, 0.6) is 0 Å². The fourth-order valence-corrected chi connectivity index (χ4v) is 4.47. The monoisotopic (exact) mass is 403 g/mol. The first-order chi connectivity index (χ1) is 13.6. The molecule has 0 aromatic carbocycles. The number of rotatable bonds is 10. The Morgan fingerprint density at radius 3 is 2.89 bits per heavy atom. The van der Waals surface area contributed by atoms with Gasteiger partial charge in [0.05, 0.1) is 5.39 Å². The Morgan fingerprint density at radius 2 is 2.07 bits per heavy atom. The first kappa shape index (κ1) is 21.3. The van der Waals surface area contributed by atoms with Gasteiger partial charge < -0.3 is 15.2 Å². The zero-order chi connectivity index (χ0) is 19.9. The molecule has 1 saturated carbocycles. The molecule has 0 radical (unpaired) electrons. The normalized spacial score (nSPS) is 20.4. The van der Waals surface area contributed by atoms with E-state index in [0.717, 1.165) is 49.6 Å². The third kappa shape index (κ3) is 5.34. The largest absolute Gasteiger partial charge is 0.329 e. The average molecular weight is 404 g/mol. The van der Waals surface area contributed by atoms with Crippen LogP contribution in [0.1, 0.15) is 57.6 Å². The Morgan fingerprint density at radius 1 is 1.25 bits per heavy atom. The first-order valence-corrected chi connectivity index (χ1v) is 11.0. The van der Waals surface area contributed by atoms with Gasteiger partial charge in [-0.2, -0.15) is 0 Å². The second kappa shape index (κ2) is 10.4. The van der Waals surface area contributed by atoms with Crippen LogP contribution in [0.3, 0.4) is 0 Å². The zero-order valence-electron chi connectivity index (χ0n) is 17.5. The van der Waals surface area contributed by atoms with E-state index in [-0.39, 0.29) is 0 Å². The average Bonchev–Trinajstić information content (AvgIpc) is 3.29. The van der Waals surface area contributed by atoms with E-state index in [1.165, 1.54) is 36.8 Å². The Kier molecular flexibility index (Phi) is 7.89. The molecule has 3 rings (SSSR count). The Balaban J connectivity index is 1.38. The summed E-state index contributed by atoms with van der Waals surface area (Å²) in [7, 11) is 0. The van der Waals surface area contributed by atoms with E-state index in [2.05, 4.69) is 58.2 Å². The second-order valence-electron chi connectivity index (χ2n) is 8.11. The van der Waals surface area contributed by atoms with Crippen molar-refractivity contribution in [2.45, 2.75) is 58.9 Å². The lowest BCUT2D eigenvalue weighted by Gasteiger charge is -2.15. The van der Waals surface area contributed by atoms with Crippen molar-refractivity contribution < 1.29 is 0 Å². The molecule has 0 saturated heterocycles. The SMILES string of the molecule is C/C=C(\C)CCNCCCNCC1CCC(n2cc(C)c3c(Cl)ncnc32)C1. The molecule has 6 heteroatoms. The third-order valence-electron chi connectivity index (χ3n) is 5.99. The van der Waals surface area contributed by atoms with E-state index in [9.17, 15) is 0 Å². The summed E-state index contributed by atoms with van der Waals surface area (Å²) in [5.41, 5.74) is 3.61. The molecule has 2 unspecified atom stereocenters. The molecule has 2 aromatic heterocycles. The van der Waals surface area contributed by atoms with E-state index >= 15 is 0 Å². The maximum absolute atomic E-state index is 6.28. The molecule has 154 valence electrons. The number of halogens is 1. The summed E-state index contributed by atoms with van der Waals surface area (Å²) in [5.74, 6) is 0.741. The highest BCUT2D eigenvalue weighted by atomic mass is 35.5.